The third kappa shape index (κ3) is 1.35. The molecule has 0 saturated carbocycles. The number of nitrogens with zero attached hydrogens (tertiary/aromatic N) is 1. The minimum Gasteiger partial charge on any atom is -0.327 e. The standard InChI is InChI=1S/C13H15N/c1-3-11-9-10-14(4-2)13(11)12-7-5-6-8-12/h4-10,12H,2-3H2,1H3. The first kappa shape index (κ1) is 9.07. The molecule has 1 aliphatic rings. The van der Waals surface area contributed by atoms with Crippen molar-refractivity contribution in [1.82, 2.24) is 4.57 Å². The monoisotopic (exact) mass is 185 g/mol. The van der Waals surface area contributed by atoms with Gasteiger partial charge < -0.3 is 4.57 Å². The molecule has 1 nitrogen and oxygen atoms in total. The zero-order chi connectivity index (χ0) is 9.97. The van der Waals surface area contributed by atoms with Crippen LogP contribution >= 0.6 is 0 Å². The maximum Gasteiger partial charge on any atom is 0.0364 e. The normalized spacial score (nSPS) is 15.2. The van der Waals surface area contributed by atoms with Crippen molar-refractivity contribution in [3.05, 3.63) is 54.4 Å². The summed E-state index contributed by atoms with van der Waals surface area (Å²) in [7, 11) is 0. The van der Waals surface area contributed by atoms with Crippen LogP contribution in [0.15, 0.2) is 43.1 Å². The van der Waals surface area contributed by atoms with Gasteiger partial charge >= 0.3 is 0 Å². The lowest BCUT2D eigenvalue weighted by Crippen LogP contribution is -2.00. The lowest BCUT2D eigenvalue weighted by Gasteiger charge is -2.10. The van der Waals surface area contributed by atoms with Crippen LogP contribution < -0.4 is 0 Å². The summed E-state index contributed by atoms with van der Waals surface area (Å²) < 4.78 is 2.11. The Morgan fingerprint density at radius 1 is 1.43 bits per heavy atom. The van der Waals surface area contributed by atoms with Gasteiger partial charge in [0.15, 0.2) is 0 Å². The average Bonchev–Trinajstić information content (AvgIpc) is 2.85. The van der Waals surface area contributed by atoms with Gasteiger partial charge in [-0.1, -0.05) is 37.8 Å². The first-order valence-corrected chi connectivity index (χ1v) is 5.04. The molecule has 0 aliphatic heterocycles. The predicted molar refractivity (Wildman–Crippen MR) is 61.2 cm³/mol. The van der Waals surface area contributed by atoms with Gasteiger partial charge in [-0.3, -0.25) is 0 Å². The topological polar surface area (TPSA) is 4.93 Å². The van der Waals surface area contributed by atoms with E-state index in [2.05, 4.69) is 54.6 Å². The molecule has 1 aromatic rings. The molecular formula is C13H15N. The SMILES string of the molecule is C=Cn1ccc(CC)c1C1C=CC=C1. The fourth-order valence-electron chi connectivity index (χ4n) is 1.96. The molecule has 1 heteroatoms. The summed E-state index contributed by atoms with van der Waals surface area (Å²) in [6.07, 6.45) is 13.7. The van der Waals surface area contributed by atoms with E-state index in [0.717, 1.165) is 6.42 Å². The van der Waals surface area contributed by atoms with Crippen molar-refractivity contribution in [1.29, 1.82) is 0 Å². The number of hydrogen-bond donors (Lipinski definition) is 0. The Labute approximate surface area is 85.1 Å². The van der Waals surface area contributed by atoms with Crippen LogP contribution in [0.3, 0.4) is 0 Å². The molecule has 0 saturated heterocycles. The fraction of sp³-hybridized carbons (Fsp3) is 0.231. The lowest BCUT2D eigenvalue weighted by molar-refractivity contribution is 0.921. The van der Waals surface area contributed by atoms with E-state index in [9.17, 15) is 0 Å². The Bertz CT molecular complexity index is 381. The molecule has 0 spiro atoms. The summed E-state index contributed by atoms with van der Waals surface area (Å²) in [6, 6.07) is 2.18. The molecule has 0 fully saturated rings. The summed E-state index contributed by atoms with van der Waals surface area (Å²) in [5, 5.41) is 0. The maximum atomic E-state index is 3.83. The highest BCUT2D eigenvalue weighted by Crippen LogP contribution is 2.27. The Hall–Kier alpha value is -1.50. The van der Waals surface area contributed by atoms with Crippen LogP contribution in [0.1, 0.15) is 24.1 Å². The van der Waals surface area contributed by atoms with Crippen LogP contribution in [0.25, 0.3) is 6.20 Å². The second-order valence-electron chi connectivity index (χ2n) is 3.47. The first-order chi connectivity index (χ1) is 6.86. The molecule has 0 aromatic carbocycles. The number of hydrogen-bond acceptors (Lipinski definition) is 0. The van der Waals surface area contributed by atoms with E-state index in [0.29, 0.717) is 5.92 Å². The summed E-state index contributed by atoms with van der Waals surface area (Å²) in [5.74, 6) is 0.429. The highest BCUT2D eigenvalue weighted by atomic mass is 14.9. The number of rotatable bonds is 3. The third-order valence-electron chi connectivity index (χ3n) is 2.68. The fourth-order valence-corrected chi connectivity index (χ4v) is 1.96. The molecule has 1 aromatic heterocycles. The van der Waals surface area contributed by atoms with Crippen LogP contribution in [-0.4, -0.2) is 4.57 Å². The highest BCUT2D eigenvalue weighted by Gasteiger charge is 2.14. The van der Waals surface area contributed by atoms with Crippen molar-refractivity contribution in [2.24, 2.45) is 0 Å². The van der Waals surface area contributed by atoms with Crippen molar-refractivity contribution in [2.45, 2.75) is 19.3 Å². The van der Waals surface area contributed by atoms with Crippen LogP contribution in [0.2, 0.25) is 0 Å². The van der Waals surface area contributed by atoms with Gasteiger partial charge in [-0.05, 0) is 18.1 Å². The number of aryl methyl sites for hydroxylation is 1. The van der Waals surface area contributed by atoms with Gasteiger partial charge in [0, 0.05) is 24.0 Å². The van der Waals surface area contributed by atoms with Gasteiger partial charge in [0.2, 0.25) is 0 Å². The molecule has 0 radical (unpaired) electrons. The molecule has 14 heavy (non-hydrogen) atoms. The van der Waals surface area contributed by atoms with Crippen molar-refractivity contribution < 1.29 is 0 Å². The van der Waals surface area contributed by atoms with Crippen molar-refractivity contribution in [3.8, 4) is 0 Å². The number of aromatic nitrogens is 1. The molecule has 0 bridgehead atoms. The highest BCUT2D eigenvalue weighted by molar-refractivity contribution is 5.41. The summed E-state index contributed by atoms with van der Waals surface area (Å²) in [4.78, 5) is 0. The molecule has 0 unspecified atom stereocenters. The zero-order valence-corrected chi connectivity index (χ0v) is 8.48. The van der Waals surface area contributed by atoms with Gasteiger partial charge in [0.05, 0.1) is 0 Å². The quantitative estimate of drug-likeness (QED) is 0.680. The molecule has 0 N–H and O–H groups in total. The molecule has 2 rings (SSSR count). The molecule has 72 valence electrons. The summed E-state index contributed by atoms with van der Waals surface area (Å²) >= 11 is 0. The molecule has 0 atom stereocenters. The number of allylic oxidation sites excluding steroid dienone is 4. The maximum absolute atomic E-state index is 3.83. The Morgan fingerprint density at radius 3 is 2.71 bits per heavy atom. The van der Waals surface area contributed by atoms with E-state index in [1.165, 1.54) is 11.3 Å². The second-order valence-corrected chi connectivity index (χ2v) is 3.47. The Balaban J connectivity index is 2.47. The minimum absolute atomic E-state index is 0.429. The van der Waals surface area contributed by atoms with Crippen molar-refractivity contribution >= 4 is 6.20 Å². The van der Waals surface area contributed by atoms with E-state index in [1.54, 1.807) is 0 Å². The van der Waals surface area contributed by atoms with Gasteiger partial charge in [0.25, 0.3) is 0 Å². The molecule has 1 heterocycles. The third-order valence-corrected chi connectivity index (χ3v) is 2.68. The zero-order valence-electron chi connectivity index (χ0n) is 8.48. The van der Waals surface area contributed by atoms with E-state index in [1.807, 2.05) is 6.20 Å². The predicted octanol–water partition coefficient (Wildman–Crippen LogP) is 3.36. The second kappa shape index (κ2) is 3.70. The van der Waals surface area contributed by atoms with E-state index in [4.69, 9.17) is 0 Å². The van der Waals surface area contributed by atoms with Gasteiger partial charge in [-0.15, -0.1) is 0 Å². The largest absolute Gasteiger partial charge is 0.327 e. The van der Waals surface area contributed by atoms with Crippen molar-refractivity contribution in [2.75, 3.05) is 0 Å². The molecule has 0 amide bonds. The molecule has 1 aliphatic carbocycles. The van der Waals surface area contributed by atoms with Crippen LogP contribution in [0.4, 0.5) is 0 Å². The van der Waals surface area contributed by atoms with E-state index < -0.39 is 0 Å². The summed E-state index contributed by atoms with van der Waals surface area (Å²) in [6.45, 7) is 6.01. The molecular weight excluding hydrogens is 170 g/mol. The minimum atomic E-state index is 0.429. The Kier molecular flexibility index (Phi) is 2.40. The Morgan fingerprint density at radius 2 is 2.14 bits per heavy atom. The average molecular weight is 185 g/mol. The van der Waals surface area contributed by atoms with Crippen LogP contribution in [-0.2, 0) is 6.42 Å². The van der Waals surface area contributed by atoms with Gasteiger partial charge in [-0.25, -0.2) is 0 Å². The van der Waals surface area contributed by atoms with E-state index >= 15 is 0 Å². The van der Waals surface area contributed by atoms with Crippen LogP contribution in [0.5, 0.6) is 0 Å². The summed E-state index contributed by atoms with van der Waals surface area (Å²) in [5.41, 5.74) is 2.76. The van der Waals surface area contributed by atoms with Crippen LogP contribution in [0, 0.1) is 0 Å². The van der Waals surface area contributed by atoms with Gasteiger partial charge in [0.1, 0.15) is 0 Å². The first-order valence-electron chi connectivity index (χ1n) is 5.04. The van der Waals surface area contributed by atoms with E-state index in [-0.39, 0.29) is 0 Å². The smallest absolute Gasteiger partial charge is 0.0364 e. The lowest BCUT2D eigenvalue weighted by atomic mass is 10.0. The van der Waals surface area contributed by atoms with Gasteiger partial charge in [-0.2, -0.15) is 0 Å². The van der Waals surface area contributed by atoms with Crippen molar-refractivity contribution in [3.63, 3.8) is 0 Å².